The molecular weight excluding hydrogens is 364 g/mol. The molecule has 0 aromatic heterocycles. The molecule has 1 fully saturated rings. The zero-order valence-electron chi connectivity index (χ0n) is 16.8. The zero-order chi connectivity index (χ0) is 20.5. The summed E-state index contributed by atoms with van der Waals surface area (Å²) in [5.41, 5.74) is 3.45. The third-order valence-electron chi connectivity index (χ3n) is 5.05. The van der Waals surface area contributed by atoms with Crippen molar-refractivity contribution < 1.29 is 14.3 Å². The van der Waals surface area contributed by atoms with E-state index in [-0.39, 0.29) is 17.8 Å². The number of amides is 1. The highest BCUT2D eigenvalue weighted by Crippen LogP contribution is 2.29. The van der Waals surface area contributed by atoms with Crippen molar-refractivity contribution in [2.75, 3.05) is 17.2 Å². The second-order valence-electron chi connectivity index (χ2n) is 7.20. The van der Waals surface area contributed by atoms with Crippen molar-refractivity contribution in [3.63, 3.8) is 0 Å². The number of rotatable bonds is 7. The Bertz CT molecular complexity index is 853. The van der Waals surface area contributed by atoms with Crippen LogP contribution in [0.3, 0.4) is 0 Å². The Labute approximate surface area is 172 Å². The maximum Gasteiger partial charge on any atom is 0.330 e. The Balaban J connectivity index is 1.64. The first-order valence-electron chi connectivity index (χ1n) is 10.3. The molecule has 0 radical (unpaired) electrons. The molecule has 0 bridgehead atoms. The van der Waals surface area contributed by atoms with Gasteiger partial charge in [-0.1, -0.05) is 43.5 Å². The molecule has 1 saturated carbocycles. The Kier molecular flexibility index (Phi) is 7.45. The minimum Gasteiger partial charge on any atom is -0.463 e. The van der Waals surface area contributed by atoms with E-state index in [0.29, 0.717) is 6.61 Å². The zero-order valence-corrected chi connectivity index (χ0v) is 16.8. The molecule has 5 nitrogen and oxygen atoms in total. The van der Waals surface area contributed by atoms with Gasteiger partial charge in [-0.25, -0.2) is 4.79 Å². The fourth-order valence-corrected chi connectivity index (χ4v) is 3.49. The highest BCUT2D eigenvalue weighted by Gasteiger charge is 2.21. The second kappa shape index (κ2) is 10.5. The summed E-state index contributed by atoms with van der Waals surface area (Å²) in [4.78, 5) is 24.0. The van der Waals surface area contributed by atoms with E-state index in [0.717, 1.165) is 48.3 Å². The van der Waals surface area contributed by atoms with Crippen LogP contribution in [0.1, 0.15) is 44.6 Å². The van der Waals surface area contributed by atoms with Gasteiger partial charge in [-0.05, 0) is 55.7 Å². The van der Waals surface area contributed by atoms with E-state index in [4.69, 9.17) is 4.74 Å². The first-order valence-corrected chi connectivity index (χ1v) is 10.3. The van der Waals surface area contributed by atoms with Crippen molar-refractivity contribution in [3.05, 3.63) is 60.2 Å². The summed E-state index contributed by atoms with van der Waals surface area (Å²) in [6.07, 6.45) is 8.59. The van der Waals surface area contributed by atoms with Crippen molar-refractivity contribution >= 4 is 35.0 Å². The largest absolute Gasteiger partial charge is 0.463 e. The maximum absolute atomic E-state index is 12.6. The van der Waals surface area contributed by atoms with Crippen LogP contribution >= 0.6 is 0 Å². The molecule has 3 rings (SSSR count). The molecule has 1 amide bonds. The first-order chi connectivity index (χ1) is 14.2. The fourth-order valence-electron chi connectivity index (χ4n) is 3.49. The number of nitrogens with one attached hydrogen (secondary N) is 2. The van der Waals surface area contributed by atoms with Gasteiger partial charge in [-0.15, -0.1) is 0 Å². The number of ether oxygens (including phenoxy) is 1. The van der Waals surface area contributed by atoms with Gasteiger partial charge < -0.3 is 15.4 Å². The number of benzene rings is 2. The van der Waals surface area contributed by atoms with Crippen LogP contribution < -0.4 is 10.6 Å². The minimum absolute atomic E-state index is 0.110. The summed E-state index contributed by atoms with van der Waals surface area (Å²) in [5.74, 6) is -0.127. The average molecular weight is 392 g/mol. The lowest BCUT2D eigenvalue weighted by Crippen LogP contribution is -2.25. The number of hydrogen-bond acceptors (Lipinski definition) is 4. The lowest BCUT2D eigenvalue weighted by Gasteiger charge is -2.21. The van der Waals surface area contributed by atoms with E-state index in [1.54, 1.807) is 13.0 Å². The van der Waals surface area contributed by atoms with Gasteiger partial charge in [0.15, 0.2) is 0 Å². The lowest BCUT2D eigenvalue weighted by molar-refractivity contribution is -0.137. The molecule has 2 aromatic carbocycles. The molecule has 0 aliphatic heterocycles. The van der Waals surface area contributed by atoms with E-state index in [1.807, 2.05) is 48.5 Å². The van der Waals surface area contributed by atoms with E-state index in [2.05, 4.69) is 10.6 Å². The number of carbonyl (C=O) groups excluding carboxylic acids is 2. The number of para-hydroxylation sites is 2. The van der Waals surface area contributed by atoms with Crippen LogP contribution in [0.2, 0.25) is 0 Å². The summed E-state index contributed by atoms with van der Waals surface area (Å²) in [6, 6.07) is 15.4. The normalized spacial score (nSPS) is 14.5. The Morgan fingerprint density at radius 3 is 2.38 bits per heavy atom. The van der Waals surface area contributed by atoms with Crippen molar-refractivity contribution in [1.29, 1.82) is 0 Å². The summed E-state index contributed by atoms with van der Waals surface area (Å²) in [5, 5.41) is 6.46. The van der Waals surface area contributed by atoms with Gasteiger partial charge in [0, 0.05) is 17.7 Å². The van der Waals surface area contributed by atoms with Gasteiger partial charge in [0.2, 0.25) is 5.91 Å². The highest BCUT2D eigenvalue weighted by atomic mass is 16.5. The van der Waals surface area contributed by atoms with E-state index < -0.39 is 0 Å². The molecule has 1 aliphatic rings. The number of hydrogen-bond donors (Lipinski definition) is 2. The third kappa shape index (κ3) is 6.21. The van der Waals surface area contributed by atoms with E-state index >= 15 is 0 Å². The van der Waals surface area contributed by atoms with Gasteiger partial charge in [0.1, 0.15) is 0 Å². The fraction of sp³-hybridized carbons (Fsp3) is 0.333. The summed E-state index contributed by atoms with van der Waals surface area (Å²) >= 11 is 0. The molecular formula is C24H28N2O3. The van der Waals surface area contributed by atoms with Crippen LogP contribution in [0.4, 0.5) is 17.1 Å². The minimum atomic E-state index is -0.350. The van der Waals surface area contributed by atoms with Gasteiger partial charge in [0.25, 0.3) is 0 Å². The smallest absolute Gasteiger partial charge is 0.330 e. The van der Waals surface area contributed by atoms with Crippen LogP contribution in [0.5, 0.6) is 0 Å². The first kappa shape index (κ1) is 20.6. The topological polar surface area (TPSA) is 67.4 Å². The lowest BCUT2D eigenvalue weighted by atomic mass is 9.88. The number of anilines is 3. The quantitative estimate of drug-likeness (QED) is 0.480. The predicted molar refractivity (Wildman–Crippen MR) is 117 cm³/mol. The Morgan fingerprint density at radius 1 is 1.00 bits per heavy atom. The molecule has 0 saturated heterocycles. The molecule has 0 unspecified atom stereocenters. The van der Waals surface area contributed by atoms with Crippen molar-refractivity contribution in [3.8, 4) is 0 Å². The molecule has 29 heavy (non-hydrogen) atoms. The second-order valence-corrected chi connectivity index (χ2v) is 7.20. The van der Waals surface area contributed by atoms with Crippen molar-refractivity contribution in [2.45, 2.75) is 39.0 Å². The van der Waals surface area contributed by atoms with Crippen molar-refractivity contribution in [2.24, 2.45) is 5.92 Å². The van der Waals surface area contributed by atoms with Gasteiger partial charge >= 0.3 is 5.97 Å². The molecule has 152 valence electrons. The maximum atomic E-state index is 12.6. The third-order valence-corrected chi connectivity index (χ3v) is 5.05. The summed E-state index contributed by atoms with van der Waals surface area (Å²) in [7, 11) is 0. The Morgan fingerprint density at radius 2 is 1.69 bits per heavy atom. The Hall–Kier alpha value is -3.08. The average Bonchev–Trinajstić information content (AvgIpc) is 2.75. The van der Waals surface area contributed by atoms with Crippen LogP contribution in [0.15, 0.2) is 54.6 Å². The van der Waals surface area contributed by atoms with Gasteiger partial charge in [-0.2, -0.15) is 0 Å². The van der Waals surface area contributed by atoms with Crippen LogP contribution in [-0.2, 0) is 14.3 Å². The van der Waals surface area contributed by atoms with Crippen molar-refractivity contribution in [1.82, 2.24) is 0 Å². The highest BCUT2D eigenvalue weighted by molar-refractivity contribution is 5.96. The predicted octanol–water partition coefficient (Wildman–Crippen LogP) is 5.53. The molecule has 0 atom stereocenters. The molecule has 1 aliphatic carbocycles. The van der Waals surface area contributed by atoms with Crippen LogP contribution in [0, 0.1) is 5.92 Å². The van der Waals surface area contributed by atoms with E-state index in [9.17, 15) is 9.59 Å². The summed E-state index contributed by atoms with van der Waals surface area (Å²) in [6.45, 7) is 2.14. The standard InChI is InChI=1S/C24H28N2O3/c1-2-29-23(27)17-14-18-12-15-20(16-13-18)25-21-10-6-7-11-22(21)26-24(28)19-8-4-3-5-9-19/h6-7,10-17,19,25H,2-5,8-9H2,1H3,(H,26,28)/b17-14+. The number of esters is 1. The molecule has 2 N–H and O–H groups in total. The molecule has 0 spiro atoms. The SMILES string of the molecule is CCOC(=O)/C=C/c1ccc(Nc2ccccc2NC(=O)C2CCCCC2)cc1. The summed E-state index contributed by atoms with van der Waals surface area (Å²) < 4.78 is 4.88. The molecule has 0 heterocycles. The molecule has 2 aromatic rings. The van der Waals surface area contributed by atoms with Crippen LogP contribution in [0.25, 0.3) is 6.08 Å². The number of carbonyl (C=O) groups is 2. The monoisotopic (exact) mass is 392 g/mol. The van der Waals surface area contributed by atoms with Gasteiger partial charge in [0.05, 0.1) is 18.0 Å². The molecule has 5 heteroatoms. The van der Waals surface area contributed by atoms with E-state index in [1.165, 1.54) is 12.5 Å². The van der Waals surface area contributed by atoms with Crippen LogP contribution in [-0.4, -0.2) is 18.5 Å². The van der Waals surface area contributed by atoms with Gasteiger partial charge in [-0.3, -0.25) is 4.79 Å².